The highest BCUT2D eigenvalue weighted by Crippen LogP contribution is 2.43. The minimum atomic E-state index is -1.33. The van der Waals surface area contributed by atoms with Crippen LogP contribution in [0.3, 0.4) is 0 Å². The summed E-state index contributed by atoms with van der Waals surface area (Å²) in [5.41, 5.74) is -1.33. The molecule has 4 unspecified atom stereocenters. The molecule has 0 spiro atoms. The number of aliphatic hydroxyl groups is 1. The van der Waals surface area contributed by atoms with E-state index in [1.54, 1.807) is 0 Å². The molecule has 1 N–H and O–H groups in total. The molecule has 0 saturated heterocycles. The molecule has 100 valence electrons. The van der Waals surface area contributed by atoms with Gasteiger partial charge < -0.3 is 9.84 Å². The van der Waals surface area contributed by atoms with E-state index in [2.05, 4.69) is 13.8 Å². The summed E-state index contributed by atoms with van der Waals surface area (Å²) in [5, 5.41) is 10.8. The Labute approximate surface area is 105 Å². The predicted octanol–water partition coefficient (Wildman–Crippen LogP) is 2.62. The number of esters is 1. The van der Waals surface area contributed by atoms with Crippen LogP contribution in [0.1, 0.15) is 47.0 Å². The van der Waals surface area contributed by atoms with Crippen LogP contribution in [0.15, 0.2) is 0 Å². The van der Waals surface area contributed by atoms with Gasteiger partial charge in [-0.1, -0.05) is 34.1 Å². The van der Waals surface area contributed by atoms with Gasteiger partial charge in [0.15, 0.2) is 5.60 Å². The van der Waals surface area contributed by atoms with Crippen molar-refractivity contribution >= 4 is 5.97 Å². The minimum absolute atomic E-state index is 0.0196. The second kappa shape index (κ2) is 5.38. The number of rotatable bonds is 3. The van der Waals surface area contributed by atoms with E-state index < -0.39 is 11.6 Å². The molecule has 0 aromatic carbocycles. The zero-order valence-corrected chi connectivity index (χ0v) is 11.7. The summed E-state index contributed by atoms with van der Waals surface area (Å²) >= 11 is 0. The van der Waals surface area contributed by atoms with Crippen LogP contribution in [0, 0.1) is 23.7 Å². The van der Waals surface area contributed by atoms with Crippen LogP contribution in [-0.4, -0.2) is 23.8 Å². The molecule has 0 aliphatic heterocycles. The summed E-state index contributed by atoms with van der Waals surface area (Å²) in [5.74, 6) is 0.487. The van der Waals surface area contributed by atoms with E-state index in [1.165, 1.54) is 7.11 Å². The van der Waals surface area contributed by atoms with Gasteiger partial charge in [-0.15, -0.1) is 0 Å². The van der Waals surface area contributed by atoms with Crippen LogP contribution >= 0.6 is 0 Å². The molecule has 0 aromatic heterocycles. The predicted molar refractivity (Wildman–Crippen MR) is 67.5 cm³/mol. The van der Waals surface area contributed by atoms with E-state index >= 15 is 0 Å². The van der Waals surface area contributed by atoms with E-state index in [4.69, 9.17) is 4.74 Å². The van der Waals surface area contributed by atoms with Crippen molar-refractivity contribution < 1.29 is 14.6 Å². The molecular weight excluding hydrogens is 216 g/mol. The lowest BCUT2D eigenvalue weighted by atomic mass is 9.64. The number of hydrogen-bond donors (Lipinski definition) is 1. The largest absolute Gasteiger partial charge is 0.467 e. The molecular formula is C14H26O3. The Kier molecular flexibility index (Phi) is 4.59. The zero-order chi connectivity index (χ0) is 13.2. The van der Waals surface area contributed by atoms with Crippen molar-refractivity contribution in [2.75, 3.05) is 7.11 Å². The van der Waals surface area contributed by atoms with Crippen molar-refractivity contribution in [1.82, 2.24) is 0 Å². The number of hydrogen-bond acceptors (Lipinski definition) is 3. The molecule has 1 fully saturated rings. The van der Waals surface area contributed by atoms with Crippen molar-refractivity contribution in [3.05, 3.63) is 0 Å². The molecule has 17 heavy (non-hydrogen) atoms. The summed E-state index contributed by atoms with van der Waals surface area (Å²) in [6, 6.07) is 0. The fraction of sp³-hybridized carbons (Fsp3) is 0.929. The van der Waals surface area contributed by atoms with E-state index in [1.807, 2.05) is 13.8 Å². The van der Waals surface area contributed by atoms with Gasteiger partial charge in [0.25, 0.3) is 0 Å². The first-order valence-electron chi connectivity index (χ1n) is 6.64. The van der Waals surface area contributed by atoms with Gasteiger partial charge in [0, 0.05) is 5.92 Å². The maximum atomic E-state index is 11.9. The molecule has 0 heterocycles. The molecule has 1 aliphatic rings. The SMILES string of the molecule is COC(=O)C(O)(C(C)C)C1CCC(C)CC1C. The average Bonchev–Trinajstić information content (AvgIpc) is 2.26. The molecule has 3 nitrogen and oxygen atoms in total. The van der Waals surface area contributed by atoms with Gasteiger partial charge in [-0.05, 0) is 30.6 Å². The summed E-state index contributed by atoms with van der Waals surface area (Å²) in [6.07, 6.45) is 3.07. The van der Waals surface area contributed by atoms with Gasteiger partial charge in [0.1, 0.15) is 0 Å². The van der Waals surface area contributed by atoms with Gasteiger partial charge in [-0.2, -0.15) is 0 Å². The molecule has 1 saturated carbocycles. The third kappa shape index (κ3) is 2.65. The minimum Gasteiger partial charge on any atom is -0.467 e. The second-order valence-corrected chi connectivity index (χ2v) is 5.97. The van der Waals surface area contributed by atoms with Crippen LogP contribution in [-0.2, 0) is 9.53 Å². The lowest BCUT2D eigenvalue weighted by molar-refractivity contribution is -0.181. The highest BCUT2D eigenvalue weighted by atomic mass is 16.5. The topological polar surface area (TPSA) is 46.5 Å². The number of carbonyl (C=O) groups is 1. The maximum absolute atomic E-state index is 11.9. The molecule has 0 amide bonds. The van der Waals surface area contributed by atoms with Crippen molar-refractivity contribution in [3.8, 4) is 0 Å². The Morgan fingerprint density at radius 1 is 1.35 bits per heavy atom. The standard InChI is InChI=1S/C14H26O3/c1-9(2)14(16,13(15)17-5)12-7-6-10(3)8-11(12)4/h9-12,16H,6-8H2,1-5H3. The van der Waals surface area contributed by atoms with Crippen molar-refractivity contribution in [3.63, 3.8) is 0 Å². The van der Waals surface area contributed by atoms with Crippen molar-refractivity contribution in [2.24, 2.45) is 23.7 Å². The Morgan fingerprint density at radius 2 is 1.94 bits per heavy atom. The number of ether oxygens (including phenoxy) is 1. The molecule has 1 rings (SSSR count). The average molecular weight is 242 g/mol. The van der Waals surface area contributed by atoms with Crippen LogP contribution in [0.4, 0.5) is 0 Å². The molecule has 0 bridgehead atoms. The first kappa shape index (κ1) is 14.5. The summed E-state index contributed by atoms with van der Waals surface area (Å²) in [7, 11) is 1.35. The molecule has 0 radical (unpaired) electrons. The fourth-order valence-corrected chi connectivity index (χ4v) is 3.30. The van der Waals surface area contributed by atoms with Crippen LogP contribution in [0.5, 0.6) is 0 Å². The van der Waals surface area contributed by atoms with E-state index in [9.17, 15) is 9.90 Å². The Morgan fingerprint density at radius 3 is 2.35 bits per heavy atom. The van der Waals surface area contributed by atoms with Gasteiger partial charge in [-0.3, -0.25) is 0 Å². The Bertz CT molecular complexity index is 275. The molecule has 0 aromatic rings. The van der Waals surface area contributed by atoms with E-state index in [0.29, 0.717) is 11.8 Å². The zero-order valence-electron chi connectivity index (χ0n) is 11.7. The smallest absolute Gasteiger partial charge is 0.338 e. The Hall–Kier alpha value is -0.570. The summed E-state index contributed by atoms with van der Waals surface area (Å²) < 4.78 is 4.82. The quantitative estimate of drug-likeness (QED) is 0.774. The van der Waals surface area contributed by atoms with E-state index in [-0.39, 0.29) is 11.8 Å². The monoisotopic (exact) mass is 242 g/mol. The van der Waals surface area contributed by atoms with Crippen LogP contribution in [0.2, 0.25) is 0 Å². The first-order valence-corrected chi connectivity index (χ1v) is 6.64. The second-order valence-electron chi connectivity index (χ2n) is 5.97. The molecule has 4 atom stereocenters. The van der Waals surface area contributed by atoms with Crippen molar-refractivity contribution in [1.29, 1.82) is 0 Å². The van der Waals surface area contributed by atoms with E-state index in [0.717, 1.165) is 19.3 Å². The normalized spacial score (nSPS) is 33.2. The highest BCUT2D eigenvalue weighted by Gasteiger charge is 2.50. The van der Waals surface area contributed by atoms with Crippen LogP contribution in [0.25, 0.3) is 0 Å². The third-order valence-electron chi connectivity index (χ3n) is 4.39. The lowest BCUT2D eigenvalue weighted by Crippen LogP contribution is -2.54. The Balaban J connectivity index is 2.95. The van der Waals surface area contributed by atoms with Gasteiger partial charge in [0.2, 0.25) is 0 Å². The summed E-state index contributed by atoms with van der Waals surface area (Å²) in [6.45, 7) is 8.15. The highest BCUT2D eigenvalue weighted by molar-refractivity contribution is 5.80. The molecule has 3 heteroatoms. The molecule has 1 aliphatic carbocycles. The van der Waals surface area contributed by atoms with Crippen LogP contribution < -0.4 is 0 Å². The number of methoxy groups -OCH3 is 1. The van der Waals surface area contributed by atoms with Gasteiger partial charge >= 0.3 is 5.97 Å². The maximum Gasteiger partial charge on any atom is 0.338 e. The number of carbonyl (C=O) groups excluding carboxylic acids is 1. The third-order valence-corrected chi connectivity index (χ3v) is 4.39. The fourth-order valence-electron chi connectivity index (χ4n) is 3.30. The van der Waals surface area contributed by atoms with Crippen molar-refractivity contribution in [2.45, 2.75) is 52.6 Å². The first-order chi connectivity index (χ1) is 7.83. The van der Waals surface area contributed by atoms with Gasteiger partial charge in [-0.25, -0.2) is 4.79 Å². The summed E-state index contributed by atoms with van der Waals surface area (Å²) in [4.78, 5) is 11.9. The lowest BCUT2D eigenvalue weighted by Gasteiger charge is -2.43. The van der Waals surface area contributed by atoms with Gasteiger partial charge in [0.05, 0.1) is 7.11 Å².